The Labute approximate surface area is 200 Å². The predicted octanol–water partition coefficient (Wildman–Crippen LogP) is 5.14. The Kier molecular flexibility index (Phi) is 5.78. The maximum Gasteiger partial charge on any atom is 0.330 e. The summed E-state index contributed by atoms with van der Waals surface area (Å²) in [4.78, 5) is 14.0. The molecule has 0 saturated heterocycles. The van der Waals surface area contributed by atoms with Crippen molar-refractivity contribution < 1.29 is 19.0 Å². The fraction of sp³-hybridized carbons (Fsp3) is 0.276. The van der Waals surface area contributed by atoms with E-state index < -0.39 is 0 Å². The SMILES string of the molecule is COC(=O)/C=C/c1ccc(C2(C)c3ccc(OC)cc3CCN2c2ccc3c(c2)CCO3)cc1. The number of benzene rings is 3. The molecule has 1 atom stereocenters. The first-order valence-electron chi connectivity index (χ1n) is 11.6. The number of carbonyl (C=O) groups excluding carboxylic acids is 1. The van der Waals surface area contributed by atoms with Crippen molar-refractivity contribution in [2.75, 3.05) is 32.3 Å². The molecule has 174 valence electrons. The van der Waals surface area contributed by atoms with Gasteiger partial charge >= 0.3 is 5.97 Å². The fourth-order valence-corrected chi connectivity index (χ4v) is 5.17. The van der Waals surface area contributed by atoms with Crippen LogP contribution in [0.4, 0.5) is 5.69 Å². The summed E-state index contributed by atoms with van der Waals surface area (Å²) in [7, 11) is 3.09. The minimum absolute atomic E-state index is 0.363. The number of esters is 1. The monoisotopic (exact) mass is 455 g/mol. The summed E-state index contributed by atoms with van der Waals surface area (Å²) in [6, 6.07) is 21.4. The van der Waals surface area contributed by atoms with E-state index in [0.29, 0.717) is 0 Å². The summed E-state index contributed by atoms with van der Waals surface area (Å²) >= 11 is 0. The second-order valence-electron chi connectivity index (χ2n) is 8.87. The predicted molar refractivity (Wildman–Crippen MR) is 134 cm³/mol. The van der Waals surface area contributed by atoms with Gasteiger partial charge in [-0.2, -0.15) is 0 Å². The zero-order valence-corrected chi connectivity index (χ0v) is 19.8. The van der Waals surface area contributed by atoms with Crippen molar-refractivity contribution in [3.05, 3.63) is 94.6 Å². The Morgan fingerprint density at radius 3 is 2.59 bits per heavy atom. The van der Waals surface area contributed by atoms with E-state index in [-0.39, 0.29) is 11.5 Å². The highest BCUT2D eigenvalue weighted by atomic mass is 16.5. The van der Waals surface area contributed by atoms with E-state index >= 15 is 0 Å². The van der Waals surface area contributed by atoms with Gasteiger partial charge in [-0.3, -0.25) is 0 Å². The van der Waals surface area contributed by atoms with Gasteiger partial charge in [-0.05, 0) is 77.6 Å². The van der Waals surface area contributed by atoms with Crippen molar-refractivity contribution >= 4 is 17.7 Å². The molecule has 5 rings (SSSR count). The van der Waals surface area contributed by atoms with Crippen LogP contribution < -0.4 is 14.4 Å². The van der Waals surface area contributed by atoms with Gasteiger partial charge in [0, 0.05) is 24.7 Å². The lowest BCUT2D eigenvalue weighted by molar-refractivity contribution is -0.134. The number of hydrogen-bond acceptors (Lipinski definition) is 5. The van der Waals surface area contributed by atoms with Gasteiger partial charge in [0.1, 0.15) is 11.5 Å². The van der Waals surface area contributed by atoms with Gasteiger partial charge in [0.2, 0.25) is 0 Å². The summed E-state index contributed by atoms with van der Waals surface area (Å²) in [5.74, 6) is 1.51. The van der Waals surface area contributed by atoms with E-state index in [9.17, 15) is 4.79 Å². The number of fused-ring (bicyclic) bond motifs is 2. The minimum Gasteiger partial charge on any atom is -0.497 e. The van der Waals surface area contributed by atoms with E-state index in [1.54, 1.807) is 13.2 Å². The summed E-state index contributed by atoms with van der Waals surface area (Å²) in [6.07, 6.45) is 5.10. The van der Waals surface area contributed by atoms with Crippen molar-refractivity contribution in [1.82, 2.24) is 0 Å². The van der Waals surface area contributed by atoms with E-state index in [2.05, 4.69) is 54.3 Å². The van der Waals surface area contributed by atoms with Crippen molar-refractivity contribution in [1.29, 1.82) is 0 Å². The summed E-state index contributed by atoms with van der Waals surface area (Å²) in [6.45, 7) is 3.93. The summed E-state index contributed by atoms with van der Waals surface area (Å²) in [5.41, 5.74) is 6.80. The van der Waals surface area contributed by atoms with Crippen LogP contribution in [0.3, 0.4) is 0 Å². The number of nitrogens with zero attached hydrogens (tertiary/aromatic N) is 1. The first-order valence-corrected chi connectivity index (χ1v) is 11.6. The Morgan fingerprint density at radius 2 is 1.82 bits per heavy atom. The summed E-state index contributed by atoms with van der Waals surface area (Å²) < 4.78 is 16.0. The number of rotatable bonds is 5. The van der Waals surface area contributed by atoms with Gasteiger partial charge < -0.3 is 19.1 Å². The molecule has 0 radical (unpaired) electrons. The van der Waals surface area contributed by atoms with Gasteiger partial charge in [0.05, 0.1) is 26.4 Å². The fourth-order valence-electron chi connectivity index (χ4n) is 5.17. The van der Waals surface area contributed by atoms with Crippen molar-refractivity contribution in [2.45, 2.75) is 25.3 Å². The molecule has 0 amide bonds. The van der Waals surface area contributed by atoms with Crippen LogP contribution in [-0.2, 0) is 27.9 Å². The number of hydrogen-bond donors (Lipinski definition) is 0. The minimum atomic E-state index is -0.377. The number of carbonyl (C=O) groups is 1. The van der Waals surface area contributed by atoms with E-state index in [4.69, 9.17) is 14.2 Å². The summed E-state index contributed by atoms with van der Waals surface area (Å²) in [5, 5.41) is 0. The molecule has 2 heterocycles. The largest absolute Gasteiger partial charge is 0.497 e. The quantitative estimate of drug-likeness (QED) is 0.394. The topological polar surface area (TPSA) is 48.0 Å². The highest BCUT2D eigenvalue weighted by Gasteiger charge is 2.40. The van der Waals surface area contributed by atoms with Gasteiger partial charge in [0.15, 0.2) is 0 Å². The van der Waals surface area contributed by atoms with Crippen LogP contribution in [0.5, 0.6) is 11.5 Å². The van der Waals surface area contributed by atoms with E-state index in [0.717, 1.165) is 43.1 Å². The standard InChI is InChI=1S/C29H29NO4/c1-29(23-7-4-20(5-8-23)6-13-28(31)33-3)26-11-10-25(32-2)19-21(26)14-16-30(29)24-9-12-27-22(18-24)15-17-34-27/h4-13,18-19H,14-17H2,1-3H3/b13-6+. The average molecular weight is 456 g/mol. The highest BCUT2D eigenvalue weighted by molar-refractivity contribution is 5.86. The molecule has 3 aromatic carbocycles. The average Bonchev–Trinajstić information content (AvgIpc) is 3.35. The lowest BCUT2D eigenvalue weighted by Crippen LogP contribution is -2.49. The Bertz CT molecular complexity index is 1250. The van der Waals surface area contributed by atoms with Crippen LogP contribution in [0.1, 0.15) is 34.7 Å². The third-order valence-electron chi connectivity index (χ3n) is 7.05. The van der Waals surface area contributed by atoms with Crippen LogP contribution in [-0.4, -0.2) is 33.3 Å². The molecule has 0 N–H and O–H groups in total. The molecule has 3 aromatic rings. The van der Waals surface area contributed by atoms with Gasteiger partial charge in [0.25, 0.3) is 0 Å². The molecule has 0 aromatic heterocycles. The lowest BCUT2D eigenvalue weighted by atomic mass is 9.76. The molecule has 5 heteroatoms. The Morgan fingerprint density at radius 1 is 1.00 bits per heavy atom. The maximum atomic E-state index is 11.5. The van der Waals surface area contributed by atoms with Gasteiger partial charge in [-0.1, -0.05) is 30.3 Å². The lowest BCUT2D eigenvalue weighted by Gasteiger charge is -2.48. The highest BCUT2D eigenvalue weighted by Crippen LogP contribution is 2.45. The molecule has 2 aliphatic heterocycles. The second kappa shape index (κ2) is 8.90. The number of methoxy groups -OCH3 is 2. The van der Waals surface area contributed by atoms with Crippen LogP contribution >= 0.6 is 0 Å². The molecule has 2 aliphatic rings. The molecule has 0 bridgehead atoms. The molecule has 1 unspecified atom stereocenters. The zero-order valence-electron chi connectivity index (χ0n) is 19.8. The van der Waals surface area contributed by atoms with Gasteiger partial charge in [-0.15, -0.1) is 0 Å². The van der Waals surface area contributed by atoms with Crippen molar-refractivity contribution in [3.63, 3.8) is 0 Å². The molecule has 34 heavy (non-hydrogen) atoms. The zero-order chi connectivity index (χ0) is 23.7. The van der Waals surface area contributed by atoms with Crippen molar-refractivity contribution in [2.24, 2.45) is 0 Å². The molecule has 0 saturated carbocycles. The van der Waals surface area contributed by atoms with E-state index in [1.807, 2.05) is 18.2 Å². The van der Waals surface area contributed by atoms with Crippen LogP contribution in [0, 0.1) is 0 Å². The molecular formula is C29H29NO4. The van der Waals surface area contributed by atoms with Gasteiger partial charge in [-0.25, -0.2) is 4.79 Å². The number of anilines is 1. The van der Waals surface area contributed by atoms with E-state index in [1.165, 1.54) is 41.1 Å². The molecule has 0 fully saturated rings. The second-order valence-corrected chi connectivity index (χ2v) is 8.87. The third kappa shape index (κ3) is 3.81. The third-order valence-corrected chi connectivity index (χ3v) is 7.05. The molecular weight excluding hydrogens is 426 g/mol. The maximum absolute atomic E-state index is 11.5. The normalized spacial score (nSPS) is 18.9. The Hall–Kier alpha value is -3.73. The van der Waals surface area contributed by atoms with Crippen molar-refractivity contribution in [3.8, 4) is 11.5 Å². The molecule has 5 nitrogen and oxygen atoms in total. The van der Waals surface area contributed by atoms with Crippen LogP contribution in [0.25, 0.3) is 6.08 Å². The Balaban J connectivity index is 1.60. The number of ether oxygens (including phenoxy) is 3. The smallest absolute Gasteiger partial charge is 0.330 e. The first-order chi connectivity index (χ1) is 16.5. The van der Waals surface area contributed by atoms with Crippen LogP contribution in [0.15, 0.2) is 66.7 Å². The first kappa shape index (κ1) is 22.1. The van der Waals surface area contributed by atoms with Crippen LogP contribution in [0.2, 0.25) is 0 Å². The molecule has 0 aliphatic carbocycles. The molecule has 0 spiro atoms.